The van der Waals surface area contributed by atoms with Crippen LogP contribution in [0.25, 0.3) is 11.8 Å². The van der Waals surface area contributed by atoms with E-state index in [4.69, 9.17) is 5.26 Å². The Morgan fingerprint density at radius 1 is 1.27 bits per heavy atom. The Morgan fingerprint density at radius 3 is 2.67 bits per heavy atom. The van der Waals surface area contributed by atoms with E-state index < -0.39 is 0 Å². The third kappa shape index (κ3) is 2.12. The average molecular weight is 195 g/mol. The molecule has 0 aliphatic rings. The molecule has 15 heavy (non-hydrogen) atoms. The van der Waals surface area contributed by atoms with E-state index in [-0.39, 0.29) is 0 Å². The molecule has 1 heterocycles. The van der Waals surface area contributed by atoms with Gasteiger partial charge in [-0.25, -0.2) is 4.68 Å². The van der Waals surface area contributed by atoms with Crippen LogP contribution >= 0.6 is 0 Å². The Balaban J connectivity index is 2.26. The van der Waals surface area contributed by atoms with Crippen molar-refractivity contribution in [3.05, 3.63) is 54.4 Å². The Morgan fingerprint density at radius 2 is 2.07 bits per heavy atom. The molecule has 0 bridgehead atoms. The monoisotopic (exact) mass is 195 g/mol. The lowest BCUT2D eigenvalue weighted by molar-refractivity contribution is 0.880. The minimum absolute atomic E-state index is 1.01. The van der Waals surface area contributed by atoms with Gasteiger partial charge < -0.3 is 0 Å². The van der Waals surface area contributed by atoms with Crippen molar-refractivity contribution in [2.24, 2.45) is 0 Å². The minimum atomic E-state index is 1.01. The summed E-state index contributed by atoms with van der Waals surface area (Å²) in [6.45, 7) is 0. The molecule has 0 aliphatic heterocycles. The van der Waals surface area contributed by atoms with Crippen LogP contribution < -0.4 is 0 Å². The Bertz CT molecular complexity index is 487. The zero-order chi connectivity index (χ0) is 10.5. The molecule has 1 aromatic carbocycles. The number of rotatable bonds is 2. The molecular formula is C12H9N3. The Kier molecular flexibility index (Phi) is 2.61. The SMILES string of the molecule is N#CC=Cc1ccc(-n2cccn2)cc1. The summed E-state index contributed by atoms with van der Waals surface area (Å²) in [6, 6.07) is 11.7. The van der Waals surface area contributed by atoms with E-state index in [9.17, 15) is 0 Å². The van der Waals surface area contributed by atoms with E-state index in [1.165, 1.54) is 6.08 Å². The highest BCUT2D eigenvalue weighted by Gasteiger charge is 1.94. The molecule has 3 nitrogen and oxygen atoms in total. The third-order valence-electron chi connectivity index (χ3n) is 2.01. The van der Waals surface area contributed by atoms with Gasteiger partial charge in [-0.1, -0.05) is 12.1 Å². The maximum atomic E-state index is 8.38. The second-order valence-corrected chi connectivity index (χ2v) is 3.00. The molecule has 3 heteroatoms. The zero-order valence-electron chi connectivity index (χ0n) is 8.04. The predicted octanol–water partition coefficient (Wildman–Crippen LogP) is 2.41. The molecule has 0 saturated heterocycles. The van der Waals surface area contributed by atoms with E-state index in [1.807, 2.05) is 42.6 Å². The summed E-state index contributed by atoms with van der Waals surface area (Å²) in [5, 5.41) is 12.5. The summed E-state index contributed by atoms with van der Waals surface area (Å²) in [4.78, 5) is 0. The molecular weight excluding hydrogens is 186 g/mol. The van der Waals surface area contributed by atoms with Crippen molar-refractivity contribution in [1.82, 2.24) is 9.78 Å². The molecule has 2 rings (SSSR count). The second kappa shape index (κ2) is 4.25. The van der Waals surface area contributed by atoms with Gasteiger partial charge in [0.25, 0.3) is 0 Å². The summed E-state index contributed by atoms with van der Waals surface area (Å²) < 4.78 is 1.79. The van der Waals surface area contributed by atoms with Gasteiger partial charge in [-0.2, -0.15) is 10.4 Å². The van der Waals surface area contributed by atoms with Crippen LogP contribution in [-0.4, -0.2) is 9.78 Å². The molecule has 0 unspecified atom stereocenters. The summed E-state index contributed by atoms with van der Waals surface area (Å²) in [5.41, 5.74) is 2.02. The van der Waals surface area contributed by atoms with Crippen LogP contribution in [0.4, 0.5) is 0 Å². The molecule has 0 aliphatic carbocycles. The van der Waals surface area contributed by atoms with Crippen LogP contribution in [0.5, 0.6) is 0 Å². The van der Waals surface area contributed by atoms with Gasteiger partial charge in [-0.05, 0) is 29.8 Å². The van der Waals surface area contributed by atoms with Crippen LogP contribution in [0.15, 0.2) is 48.8 Å². The van der Waals surface area contributed by atoms with Gasteiger partial charge in [0, 0.05) is 18.5 Å². The highest BCUT2D eigenvalue weighted by Crippen LogP contribution is 2.09. The number of aromatic nitrogens is 2. The van der Waals surface area contributed by atoms with E-state index in [1.54, 1.807) is 17.0 Å². The van der Waals surface area contributed by atoms with Crippen molar-refractivity contribution in [3.63, 3.8) is 0 Å². The topological polar surface area (TPSA) is 41.6 Å². The molecule has 72 valence electrons. The smallest absolute Gasteiger partial charge is 0.0912 e. The van der Waals surface area contributed by atoms with Gasteiger partial charge >= 0.3 is 0 Å². The molecule has 0 radical (unpaired) electrons. The van der Waals surface area contributed by atoms with Gasteiger partial charge in [0.15, 0.2) is 0 Å². The fraction of sp³-hybridized carbons (Fsp3) is 0. The van der Waals surface area contributed by atoms with Gasteiger partial charge in [0.1, 0.15) is 0 Å². The van der Waals surface area contributed by atoms with Crippen LogP contribution in [0.3, 0.4) is 0 Å². The first-order valence-corrected chi connectivity index (χ1v) is 4.56. The lowest BCUT2D eigenvalue weighted by Crippen LogP contribution is -1.93. The average Bonchev–Trinajstić information content (AvgIpc) is 2.80. The predicted molar refractivity (Wildman–Crippen MR) is 58.2 cm³/mol. The summed E-state index contributed by atoms with van der Waals surface area (Å²) in [5.74, 6) is 0. The van der Waals surface area contributed by atoms with Crippen LogP contribution in [0, 0.1) is 11.3 Å². The Hall–Kier alpha value is -2.34. The number of allylic oxidation sites excluding steroid dienone is 1. The third-order valence-corrected chi connectivity index (χ3v) is 2.01. The van der Waals surface area contributed by atoms with Crippen molar-refractivity contribution in [2.45, 2.75) is 0 Å². The summed E-state index contributed by atoms with van der Waals surface area (Å²) in [6.07, 6.45) is 6.86. The van der Waals surface area contributed by atoms with Crippen LogP contribution in [0.1, 0.15) is 5.56 Å². The lowest BCUT2D eigenvalue weighted by atomic mass is 10.2. The first-order chi connectivity index (χ1) is 7.40. The van der Waals surface area contributed by atoms with E-state index in [2.05, 4.69) is 5.10 Å². The molecule has 0 saturated carbocycles. The van der Waals surface area contributed by atoms with Crippen molar-refractivity contribution in [2.75, 3.05) is 0 Å². The molecule has 0 amide bonds. The zero-order valence-corrected chi connectivity index (χ0v) is 8.04. The molecule has 2 aromatic rings. The normalized spacial score (nSPS) is 10.3. The highest BCUT2D eigenvalue weighted by molar-refractivity contribution is 5.53. The van der Waals surface area contributed by atoms with Gasteiger partial charge in [-0.15, -0.1) is 0 Å². The largest absolute Gasteiger partial charge is 0.241 e. The quantitative estimate of drug-likeness (QED) is 0.690. The number of nitriles is 1. The minimum Gasteiger partial charge on any atom is -0.241 e. The molecule has 0 spiro atoms. The van der Waals surface area contributed by atoms with Crippen molar-refractivity contribution >= 4 is 6.08 Å². The number of benzene rings is 1. The first-order valence-electron chi connectivity index (χ1n) is 4.56. The second-order valence-electron chi connectivity index (χ2n) is 3.00. The van der Waals surface area contributed by atoms with Gasteiger partial charge in [0.05, 0.1) is 11.8 Å². The van der Waals surface area contributed by atoms with E-state index >= 15 is 0 Å². The molecule has 1 aromatic heterocycles. The summed E-state index contributed by atoms with van der Waals surface area (Å²) >= 11 is 0. The number of nitrogens with zero attached hydrogens (tertiary/aromatic N) is 3. The van der Waals surface area contributed by atoms with Crippen molar-refractivity contribution in [1.29, 1.82) is 5.26 Å². The highest BCUT2D eigenvalue weighted by atomic mass is 15.3. The van der Waals surface area contributed by atoms with Crippen molar-refractivity contribution < 1.29 is 0 Å². The maximum absolute atomic E-state index is 8.38. The lowest BCUT2D eigenvalue weighted by Gasteiger charge is -2.00. The maximum Gasteiger partial charge on any atom is 0.0912 e. The van der Waals surface area contributed by atoms with Crippen molar-refractivity contribution in [3.8, 4) is 11.8 Å². The fourth-order valence-electron chi connectivity index (χ4n) is 1.29. The Labute approximate surface area is 87.9 Å². The summed E-state index contributed by atoms with van der Waals surface area (Å²) in [7, 11) is 0. The number of hydrogen-bond donors (Lipinski definition) is 0. The molecule has 0 fully saturated rings. The van der Waals surface area contributed by atoms with E-state index in [0.717, 1.165) is 11.3 Å². The van der Waals surface area contributed by atoms with Crippen LogP contribution in [-0.2, 0) is 0 Å². The number of hydrogen-bond acceptors (Lipinski definition) is 2. The molecule has 0 atom stereocenters. The van der Waals surface area contributed by atoms with Crippen LogP contribution in [0.2, 0.25) is 0 Å². The van der Waals surface area contributed by atoms with Gasteiger partial charge in [-0.3, -0.25) is 0 Å². The van der Waals surface area contributed by atoms with E-state index in [0.29, 0.717) is 0 Å². The first kappa shape index (κ1) is 9.22. The van der Waals surface area contributed by atoms with Gasteiger partial charge in [0.2, 0.25) is 0 Å². The molecule has 0 N–H and O–H groups in total. The fourth-order valence-corrected chi connectivity index (χ4v) is 1.29. The standard InChI is InChI=1S/C12H9N3/c13-8-1-3-11-4-6-12(7-5-11)15-10-2-9-14-15/h1-7,9-10H.